The molecule has 10 heteroatoms. The summed E-state index contributed by atoms with van der Waals surface area (Å²) in [6, 6.07) is 8.81. The van der Waals surface area contributed by atoms with Gasteiger partial charge in [0.25, 0.3) is 0 Å². The molecule has 0 radical (unpaired) electrons. The van der Waals surface area contributed by atoms with Crippen molar-refractivity contribution in [2.24, 2.45) is 5.92 Å². The Hall–Kier alpha value is -3.04. The highest BCUT2D eigenvalue weighted by atomic mass is 35.5. The molecule has 0 atom stereocenters. The largest absolute Gasteiger partial charge is 0.493 e. The van der Waals surface area contributed by atoms with Crippen molar-refractivity contribution in [2.45, 2.75) is 31.5 Å². The van der Waals surface area contributed by atoms with Crippen molar-refractivity contribution in [2.75, 3.05) is 13.2 Å². The zero-order valence-corrected chi connectivity index (χ0v) is 18.5. The standard InChI is InChI=1S/C24H20ClF3O6/c25-18-4-1-3-16-19(29)12-21(34-22(16)18)17-6-5-14(24(26,27)28)11-20(17)33-8-2-7-32-15-9-13(10-15)23(30)31/h1,3-6,11-13,15H,2,7-10H2,(H,30,31). The second-order valence-electron chi connectivity index (χ2n) is 8.00. The number of rotatable bonds is 8. The van der Waals surface area contributed by atoms with E-state index in [1.807, 2.05) is 0 Å². The first-order valence-corrected chi connectivity index (χ1v) is 10.9. The van der Waals surface area contributed by atoms with Crippen LogP contribution in [0.3, 0.4) is 0 Å². The normalized spacial score (nSPS) is 18.0. The van der Waals surface area contributed by atoms with Crippen molar-refractivity contribution in [3.8, 4) is 17.1 Å². The minimum Gasteiger partial charge on any atom is -0.493 e. The fraction of sp³-hybridized carbons (Fsp3) is 0.333. The van der Waals surface area contributed by atoms with Gasteiger partial charge in [-0.25, -0.2) is 0 Å². The number of hydrogen-bond donors (Lipinski definition) is 1. The number of carboxylic acid groups (broad SMARTS) is 1. The molecule has 0 amide bonds. The molecule has 0 bridgehead atoms. The number of hydrogen-bond acceptors (Lipinski definition) is 5. The number of para-hydroxylation sites is 1. The number of aliphatic carboxylic acids is 1. The van der Waals surface area contributed by atoms with E-state index >= 15 is 0 Å². The van der Waals surface area contributed by atoms with Crippen LogP contribution >= 0.6 is 11.6 Å². The summed E-state index contributed by atoms with van der Waals surface area (Å²) >= 11 is 6.14. The van der Waals surface area contributed by atoms with E-state index in [9.17, 15) is 22.8 Å². The molecule has 1 aliphatic carbocycles. The fourth-order valence-electron chi connectivity index (χ4n) is 3.69. The molecule has 180 valence electrons. The summed E-state index contributed by atoms with van der Waals surface area (Å²) in [4.78, 5) is 23.4. The van der Waals surface area contributed by atoms with Gasteiger partial charge in [0, 0.05) is 12.5 Å². The summed E-state index contributed by atoms with van der Waals surface area (Å²) in [5.74, 6) is -1.31. The first-order valence-electron chi connectivity index (χ1n) is 10.5. The van der Waals surface area contributed by atoms with Gasteiger partial charge >= 0.3 is 12.1 Å². The Morgan fingerprint density at radius 1 is 1.15 bits per heavy atom. The third kappa shape index (κ3) is 5.20. The van der Waals surface area contributed by atoms with E-state index in [1.165, 1.54) is 12.1 Å². The van der Waals surface area contributed by atoms with Gasteiger partial charge in [0.05, 0.1) is 46.8 Å². The zero-order chi connectivity index (χ0) is 24.5. The molecule has 3 aromatic rings. The number of ether oxygens (including phenoxy) is 2. The van der Waals surface area contributed by atoms with Crippen molar-refractivity contribution in [3.05, 3.63) is 63.3 Å². The minimum absolute atomic E-state index is 0.0276. The lowest BCUT2D eigenvalue weighted by molar-refractivity contribution is -0.151. The van der Waals surface area contributed by atoms with Crippen molar-refractivity contribution in [3.63, 3.8) is 0 Å². The Kier molecular flexibility index (Phi) is 6.86. The number of carbonyl (C=O) groups is 1. The Balaban J connectivity index is 1.52. The summed E-state index contributed by atoms with van der Waals surface area (Å²) < 4.78 is 56.8. The summed E-state index contributed by atoms with van der Waals surface area (Å²) in [6.07, 6.45) is -3.47. The zero-order valence-electron chi connectivity index (χ0n) is 17.7. The van der Waals surface area contributed by atoms with Crippen LogP contribution in [0.4, 0.5) is 13.2 Å². The van der Waals surface area contributed by atoms with Gasteiger partial charge in [-0.3, -0.25) is 9.59 Å². The first kappa shape index (κ1) is 24.1. The van der Waals surface area contributed by atoms with Gasteiger partial charge in [0.1, 0.15) is 11.5 Å². The highest BCUT2D eigenvalue weighted by Gasteiger charge is 2.35. The Morgan fingerprint density at radius 2 is 1.91 bits per heavy atom. The van der Waals surface area contributed by atoms with Crippen molar-refractivity contribution < 1.29 is 37.0 Å². The molecule has 2 aromatic carbocycles. The Bertz CT molecular complexity index is 1260. The molecule has 1 saturated carbocycles. The number of halogens is 4. The number of carboxylic acids is 1. The topological polar surface area (TPSA) is 86.0 Å². The van der Waals surface area contributed by atoms with E-state index in [2.05, 4.69) is 0 Å². The maximum absolute atomic E-state index is 13.3. The summed E-state index contributed by atoms with van der Waals surface area (Å²) in [5.41, 5.74) is -0.988. The van der Waals surface area contributed by atoms with Gasteiger partial charge in [0.15, 0.2) is 11.0 Å². The predicted octanol–water partition coefficient (Wildman–Crippen LogP) is 5.78. The minimum atomic E-state index is -4.59. The number of benzene rings is 2. The predicted molar refractivity (Wildman–Crippen MR) is 118 cm³/mol. The van der Waals surface area contributed by atoms with Gasteiger partial charge in [-0.1, -0.05) is 17.7 Å². The van der Waals surface area contributed by atoms with Crippen LogP contribution in [0.25, 0.3) is 22.3 Å². The SMILES string of the molecule is O=C(O)C1CC(OCCCOc2cc(C(F)(F)F)ccc2-c2cc(=O)c3cccc(Cl)c3o2)C1. The van der Waals surface area contributed by atoms with E-state index in [0.29, 0.717) is 19.3 Å². The van der Waals surface area contributed by atoms with Crippen molar-refractivity contribution in [1.82, 2.24) is 0 Å². The van der Waals surface area contributed by atoms with E-state index in [4.69, 9.17) is 30.6 Å². The van der Waals surface area contributed by atoms with Crippen LogP contribution in [0.5, 0.6) is 5.75 Å². The summed E-state index contributed by atoms with van der Waals surface area (Å²) in [5, 5.41) is 9.34. The summed E-state index contributed by atoms with van der Waals surface area (Å²) in [7, 11) is 0. The Labute approximate surface area is 196 Å². The average Bonchev–Trinajstić information content (AvgIpc) is 2.74. The molecule has 0 aliphatic heterocycles. The fourth-order valence-corrected chi connectivity index (χ4v) is 3.90. The molecule has 4 rings (SSSR count). The van der Waals surface area contributed by atoms with Gasteiger partial charge in [-0.15, -0.1) is 0 Å². The lowest BCUT2D eigenvalue weighted by Gasteiger charge is -2.32. The molecular weight excluding hydrogens is 477 g/mol. The van der Waals surface area contributed by atoms with Crippen molar-refractivity contribution >= 4 is 28.5 Å². The average molecular weight is 497 g/mol. The van der Waals surface area contributed by atoms with Gasteiger partial charge in [0.2, 0.25) is 0 Å². The molecule has 1 aliphatic rings. The highest BCUT2D eigenvalue weighted by molar-refractivity contribution is 6.34. The monoisotopic (exact) mass is 496 g/mol. The highest BCUT2D eigenvalue weighted by Crippen LogP contribution is 2.38. The van der Waals surface area contributed by atoms with Crippen LogP contribution in [0.15, 0.2) is 51.7 Å². The van der Waals surface area contributed by atoms with E-state index < -0.39 is 23.1 Å². The third-order valence-corrected chi connectivity index (χ3v) is 5.92. The van der Waals surface area contributed by atoms with E-state index in [-0.39, 0.29) is 58.3 Å². The lowest BCUT2D eigenvalue weighted by Crippen LogP contribution is -2.36. The van der Waals surface area contributed by atoms with Crippen LogP contribution in [0, 0.1) is 5.92 Å². The van der Waals surface area contributed by atoms with Gasteiger partial charge in [-0.05, 0) is 43.2 Å². The molecule has 34 heavy (non-hydrogen) atoms. The van der Waals surface area contributed by atoms with E-state index in [0.717, 1.165) is 12.1 Å². The molecular formula is C24H20ClF3O6. The molecule has 0 spiro atoms. The lowest BCUT2D eigenvalue weighted by atomic mass is 9.82. The molecule has 0 saturated heterocycles. The van der Waals surface area contributed by atoms with Crippen molar-refractivity contribution in [1.29, 1.82) is 0 Å². The second-order valence-corrected chi connectivity index (χ2v) is 8.41. The smallest absolute Gasteiger partial charge is 0.416 e. The van der Waals surface area contributed by atoms with Crippen LogP contribution in [0.1, 0.15) is 24.8 Å². The second kappa shape index (κ2) is 9.68. The molecule has 1 aromatic heterocycles. The summed E-state index contributed by atoms with van der Waals surface area (Å²) in [6.45, 7) is 0.313. The van der Waals surface area contributed by atoms with Gasteiger partial charge in [-0.2, -0.15) is 13.2 Å². The quantitative estimate of drug-likeness (QED) is 0.398. The Morgan fingerprint density at radius 3 is 2.62 bits per heavy atom. The first-order chi connectivity index (χ1) is 16.1. The molecule has 1 N–H and O–H groups in total. The molecule has 6 nitrogen and oxygen atoms in total. The van der Waals surface area contributed by atoms with Crippen LogP contribution in [-0.2, 0) is 15.7 Å². The molecule has 1 fully saturated rings. The third-order valence-electron chi connectivity index (χ3n) is 5.62. The van der Waals surface area contributed by atoms with Crippen LogP contribution in [0.2, 0.25) is 5.02 Å². The van der Waals surface area contributed by atoms with Gasteiger partial charge < -0.3 is 19.0 Å². The van der Waals surface area contributed by atoms with Crippen LogP contribution in [-0.4, -0.2) is 30.4 Å². The van der Waals surface area contributed by atoms with E-state index in [1.54, 1.807) is 18.2 Å². The maximum Gasteiger partial charge on any atom is 0.416 e. The van der Waals surface area contributed by atoms with Crippen LogP contribution < -0.4 is 10.2 Å². The molecule has 0 unspecified atom stereocenters. The number of fused-ring (bicyclic) bond motifs is 1. The number of alkyl halides is 3. The maximum atomic E-state index is 13.3. The molecule has 1 heterocycles.